The van der Waals surface area contributed by atoms with Gasteiger partial charge in [-0.2, -0.15) is 0 Å². The van der Waals surface area contributed by atoms with Crippen molar-refractivity contribution >= 4 is 56.5 Å². The Morgan fingerprint density at radius 3 is 2.78 bits per heavy atom. The fourth-order valence-electron chi connectivity index (χ4n) is 2.17. The highest BCUT2D eigenvalue weighted by molar-refractivity contribution is 9.10. The molecule has 0 aliphatic carbocycles. The predicted octanol–water partition coefficient (Wildman–Crippen LogP) is 3.62. The van der Waals surface area contributed by atoms with Crippen molar-refractivity contribution < 1.29 is 19.0 Å². The molecule has 142 valence electrons. The number of halogens is 2. The molecule has 0 bridgehead atoms. The average molecular weight is 473 g/mol. The van der Waals surface area contributed by atoms with Crippen LogP contribution in [0.5, 0.6) is 17.2 Å². The minimum absolute atomic E-state index is 0.172. The molecule has 3 rings (SSSR count). The van der Waals surface area contributed by atoms with Gasteiger partial charge in [0, 0.05) is 10.5 Å². The number of nitrogens with one attached hydrogen (secondary N) is 3. The number of hydrazine groups is 1. The minimum atomic E-state index is -0.767. The third-order valence-corrected chi connectivity index (χ3v) is 4.51. The van der Waals surface area contributed by atoms with Crippen LogP contribution in [0, 0.1) is 0 Å². The van der Waals surface area contributed by atoms with Crippen molar-refractivity contribution in [2.45, 2.75) is 13.0 Å². The number of rotatable bonds is 4. The molecule has 2 aromatic rings. The third-order valence-electron chi connectivity index (χ3n) is 3.50. The molecule has 0 aromatic heterocycles. The van der Waals surface area contributed by atoms with Gasteiger partial charge in [-0.05, 0) is 49.5 Å². The summed E-state index contributed by atoms with van der Waals surface area (Å²) >= 11 is 14.6. The number of hydrogen-bond acceptors (Lipinski definition) is 5. The van der Waals surface area contributed by atoms with Gasteiger partial charge in [0.05, 0.1) is 10.7 Å². The number of thiocarbonyl (C=S) groups is 1. The molecule has 1 heterocycles. The lowest BCUT2D eigenvalue weighted by Gasteiger charge is -2.17. The molecule has 1 amide bonds. The van der Waals surface area contributed by atoms with E-state index in [2.05, 4.69) is 32.1 Å². The van der Waals surface area contributed by atoms with Gasteiger partial charge in [0.25, 0.3) is 5.91 Å². The van der Waals surface area contributed by atoms with Gasteiger partial charge in [-0.3, -0.25) is 15.6 Å². The first-order valence-corrected chi connectivity index (χ1v) is 9.38. The first-order valence-electron chi connectivity index (χ1n) is 7.80. The predicted molar refractivity (Wildman–Crippen MR) is 109 cm³/mol. The van der Waals surface area contributed by atoms with Crippen LogP contribution >= 0.6 is 39.7 Å². The molecule has 10 heteroatoms. The van der Waals surface area contributed by atoms with Gasteiger partial charge < -0.3 is 19.5 Å². The van der Waals surface area contributed by atoms with Crippen LogP contribution in [0.25, 0.3) is 0 Å². The molecule has 1 atom stereocenters. The molecule has 1 aliphatic heterocycles. The molecule has 7 nitrogen and oxygen atoms in total. The van der Waals surface area contributed by atoms with Crippen LogP contribution in [-0.4, -0.2) is 23.9 Å². The van der Waals surface area contributed by atoms with E-state index in [1.54, 1.807) is 37.3 Å². The van der Waals surface area contributed by atoms with E-state index in [-0.39, 0.29) is 11.9 Å². The molecule has 0 radical (unpaired) electrons. The Bertz CT molecular complexity index is 883. The molecule has 0 saturated heterocycles. The normalized spacial score (nSPS) is 12.9. The smallest absolute Gasteiger partial charge is 0.279 e. The van der Waals surface area contributed by atoms with Crippen LogP contribution in [-0.2, 0) is 4.79 Å². The van der Waals surface area contributed by atoms with E-state index in [0.717, 1.165) is 4.47 Å². The maximum Gasteiger partial charge on any atom is 0.279 e. The Balaban J connectivity index is 1.48. The highest BCUT2D eigenvalue weighted by Gasteiger charge is 2.18. The number of ether oxygens (including phenoxy) is 3. The first kappa shape index (κ1) is 19.5. The highest BCUT2D eigenvalue weighted by atomic mass is 79.9. The van der Waals surface area contributed by atoms with Gasteiger partial charge in [-0.15, -0.1) is 0 Å². The maximum absolute atomic E-state index is 12.2. The zero-order valence-electron chi connectivity index (χ0n) is 14.0. The summed E-state index contributed by atoms with van der Waals surface area (Å²) in [6, 6.07) is 10.4. The summed E-state index contributed by atoms with van der Waals surface area (Å²) in [7, 11) is 0. The summed E-state index contributed by atoms with van der Waals surface area (Å²) < 4.78 is 17.0. The zero-order chi connectivity index (χ0) is 19.4. The molecule has 1 aliphatic rings. The first-order chi connectivity index (χ1) is 12.9. The number of carbonyl (C=O) groups is 1. The quantitative estimate of drug-likeness (QED) is 0.463. The molecule has 0 saturated carbocycles. The Kier molecular flexibility index (Phi) is 6.25. The fourth-order valence-corrected chi connectivity index (χ4v) is 3.05. The number of anilines is 1. The standard InChI is InChI=1S/C17H15BrClN3O4S/c1-9(26-11-3-5-14-15(7-11)25-8-24-14)16(23)21-22-17(27)20-13-4-2-10(18)6-12(13)19/h2-7,9H,8H2,1H3,(H,21,23)(H2,20,22,27)/t9-/m0/s1. The van der Waals surface area contributed by atoms with Gasteiger partial charge in [0.1, 0.15) is 5.75 Å². The molecule has 0 spiro atoms. The summed E-state index contributed by atoms with van der Waals surface area (Å²) in [5.74, 6) is 1.31. The molecule has 0 unspecified atom stereocenters. The molecule has 2 aromatic carbocycles. The molecule has 0 fully saturated rings. The molecular weight excluding hydrogens is 458 g/mol. The second-order valence-electron chi connectivity index (χ2n) is 5.47. The number of carbonyl (C=O) groups excluding carboxylic acids is 1. The SMILES string of the molecule is C[C@H](Oc1ccc2c(c1)OCO2)C(=O)NNC(=S)Nc1ccc(Br)cc1Cl. The monoisotopic (exact) mass is 471 g/mol. The Morgan fingerprint density at radius 2 is 2.00 bits per heavy atom. The van der Waals surface area contributed by atoms with Crippen molar-refractivity contribution in [2.75, 3.05) is 12.1 Å². The van der Waals surface area contributed by atoms with E-state index < -0.39 is 12.0 Å². The summed E-state index contributed by atoms with van der Waals surface area (Å²) in [6.07, 6.45) is -0.767. The Morgan fingerprint density at radius 1 is 1.22 bits per heavy atom. The van der Waals surface area contributed by atoms with Gasteiger partial charge in [-0.25, -0.2) is 0 Å². The van der Waals surface area contributed by atoms with Crippen LogP contribution in [0.2, 0.25) is 5.02 Å². The third kappa shape index (κ3) is 5.15. The van der Waals surface area contributed by atoms with E-state index in [0.29, 0.717) is 28.0 Å². The van der Waals surface area contributed by atoms with Crippen molar-refractivity contribution in [2.24, 2.45) is 0 Å². The minimum Gasteiger partial charge on any atom is -0.481 e. The lowest BCUT2D eigenvalue weighted by Crippen LogP contribution is -2.48. The zero-order valence-corrected chi connectivity index (χ0v) is 17.2. The fraction of sp³-hybridized carbons (Fsp3) is 0.176. The number of hydrogen-bond donors (Lipinski definition) is 3. The topological polar surface area (TPSA) is 80.9 Å². The van der Waals surface area contributed by atoms with Crippen molar-refractivity contribution in [3.63, 3.8) is 0 Å². The second kappa shape index (κ2) is 8.64. The van der Waals surface area contributed by atoms with Gasteiger partial charge in [0.2, 0.25) is 6.79 Å². The number of amides is 1. The van der Waals surface area contributed by atoms with Crippen LogP contribution in [0.15, 0.2) is 40.9 Å². The molecule has 3 N–H and O–H groups in total. The van der Waals surface area contributed by atoms with Crippen LogP contribution in [0.3, 0.4) is 0 Å². The van der Waals surface area contributed by atoms with Crippen molar-refractivity contribution in [3.05, 3.63) is 45.9 Å². The van der Waals surface area contributed by atoms with Crippen molar-refractivity contribution in [1.29, 1.82) is 0 Å². The van der Waals surface area contributed by atoms with E-state index >= 15 is 0 Å². The second-order valence-corrected chi connectivity index (χ2v) is 7.20. The number of fused-ring (bicyclic) bond motifs is 1. The maximum atomic E-state index is 12.2. The summed E-state index contributed by atoms with van der Waals surface area (Å²) in [6.45, 7) is 1.79. The van der Waals surface area contributed by atoms with E-state index in [9.17, 15) is 4.79 Å². The summed E-state index contributed by atoms with van der Waals surface area (Å²) in [4.78, 5) is 12.2. The van der Waals surface area contributed by atoms with Crippen LogP contribution in [0.4, 0.5) is 5.69 Å². The lowest BCUT2D eigenvalue weighted by atomic mass is 10.3. The van der Waals surface area contributed by atoms with Crippen LogP contribution < -0.4 is 30.4 Å². The average Bonchev–Trinajstić information content (AvgIpc) is 3.09. The summed E-state index contributed by atoms with van der Waals surface area (Å²) in [5.41, 5.74) is 5.69. The van der Waals surface area contributed by atoms with Crippen LogP contribution in [0.1, 0.15) is 6.92 Å². The summed E-state index contributed by atoms with van der Waals surface area (Å²) in [5, 5.41) is 3.56. The highest BCUT2D eigenvalue weighted by Crippen LogP contribution is 2.35. The Labute approximate surface area is 174 Å². The van der Waals surface area contributed by atoms with E-state index in [1.807, 2.05) is 6.07 Å². The number of benzene rings is 2. The lowest BCUT2D eigenvalue weighted by molar-refractivity contribution is -0.127. The molecule has 27 heavy (non-hydrogen) atoms. The van der Waals surface area contributed by atoms with Gasteiger partial charge >= 0.3 is 0 Å². The van der Waals surface area contributed by atoms with Gasteiger partial charge in [-0.1, -0.05) is 27.5 Å². The van der Waals surface area contributed by atoms with E-state index in [4.69, 9.17) is 38.0 Å². The Hall–Kier alpha value is -2.23. The van der Waals surface area contributed by atoms with E-state index in [1.165, 1.54) is 0 Å². The van der Waals surface area contributed by atoms with Gasteiger partial charge in [0.15, 0.2) is 22.7 Å². The van der Waals surface area contributed by atoms with Crippen molar-refractivity contribution in [3.8, 4) is 17.2 Å². The largest absolute Gasteiger partial charge is 0.481 e. The van der Waals surface area contributed by atoms with Crippen molar-refractivity contribution in [1.82, 2.24) is 10.9 Å². The molecular formula is C17H15BrClN3O4S.